The van der Waals surface area contributed by atoms with E-state index in [-0.39, 0.29) is 11.8 Å². The number of likely N-dealkylation sites (tertiary alicyclic amines) is 1. The van der Waals surface area contributed by atoms with Gasteiger partial charge in [-0.15, -0.1) is 0 Å². The Balaban J connectivity index is 1.88. The summed E-state index contributed by atoms with van der Waals surface area (Å²) in [6.45, 7) is 5.82. The fourth-order valence-electron chi connectivity index (χ4n) is 5.32. The predicted molar refractivity (Wildman–Crippen MR) is 121 cm³/mol. The highest BCUT2D eigenvalue weighted by molar-refractivity contribution is 6.02. The average molecular weight is 438 g/mol. The van der Waals surface area contributed by atoms with Crippen molar-refractivity contribution in [2.45, 2.75) is 32.2 Å². The number of piperidine rings is 1. The molecule has 0 aliphatic carbocycles. The van der Waals surface area contributed by atoms with Crippen LogP contribution in [0.1, 0.15) is 53.7 Å². The number of hydrogen-bond donors (Lipinski definition) is 0. The van der Waals surface area contributed by atoms with Crippen LogP contribution in [0.15, 0.2) is 36.7 Å². The number of rotatable bonds is 4. The number of benzene rings is 1. The number of carbonyl (C=O) groups is 2. The molecule has 2 aliphatic heterocycles. The number of amides is 2. The van der Waals surface area contributed by atoms with Crippen LogP contribution < -0.4 is 9.47 Å². The molecule has 0 spiro atoms. The van der Waals surface area contributed by atoms with Gasteiger partial charge in [0.2, 0.25) is 5.91 Å². The van der Waals surface area contributed by atoms with E-state index in [2.05, 4.69) is 18.8 Å². The monoisotopic (exact) mass is 437 g/mol. The Bertz CT molecular complexity index is 1000. The minimum Gasteiger partial charge on any atom is -0.493 e. The topological polar surface area (TPSA) is 72.0 Å². The van der Waals surface area contributed by atoms with Crippen molar-refractivity contribution in [1.82, 2.24) is 14.8 Å². The molecule has 3 heterocycles. The molecule has 2 aliphatic rings. The van der Waals surface area contributed by atoms with Gasteiger partial charge >= 0.3 is 0 Å². The molecule has 0 radical (unpaired) electrons. The van der Waals surface area contributed by atoms with Crippen LogP contribution >= 0.6 is 0 Å². The number of likely N-dealkylation sites (N-methyl/N-ethyl adjacent to an activating group) is 1. The van der Waals surface area contributed by atoms with Crippen molar-refractivity contribution < 1.29 is 19.1 Å². The smallest absolute Gasteiger partial charge is 0.254 e. The molecule has 2 amide bonds. The second kappa shape index (κ2) is 8.81. The Kier molecular flexibility index (Phi) is 6.09. The summed E-state index contributed by atoms with van der Waals surface area (Å²) >= 11 is 0. The van der Waals surface area contributed by atoms with Crippen LogP contribution in [0.3, 0.4) is 0 Å². The van der Waals surface area contributed by atoms with Gasteiger partial charge in [0.05, 0.1) is 26.2 Å². The number of methoxy groups -OCH3 is 2. The molecule has 4 atom stereocenters. The van der Waals surface area contributed by atoms with Crippen molar-refractivity contribution in [2.75, 3.05) is 34.4 Å². The fraction of sp³-hybridized carbons (Fsp3) is 0.480. The first kappa shape index (κ1) is 22.1. The third kappa shape index (κ3) is 3.80. The van der Waals surface area contributed by atoms with Gasteiger partial charge in [-0.05, 0) is 47.6 Å². The molecule has 1 saturated heterocycles. The molecule has 1 aromatic heterocycles. The molecule has 0 N–H and O–H groups in total. The van der Waals surface area contributed by atoms with Crippen molar-refractivity contribution in [3.05, 3.63) is 53.3 Å². The first-order valence-electron chi connectivity index (χ1n) is 11.1. The van der Waals surface area contributed by atoms with E-state index in [0.717, 1.165) is 25.1 Å². The van der Waals surface area contributed by atoms with Crippen LogP contribution in [0.25, 0.3) is 0 Å². The largest absolute Gasteiger partial charge is 0.493 e. The minimum absolute atomic E-state index is 0.0325. The van der Waals surface area contributed by atoms with Gasteiger partial charge in [-0.3, -0.25) is 14.6 Å². The molecule has 32 heavy (non-hydrogen) atoms. The third-order valence-corrected chi connectivity index (χ3v) is 6.65. The lowest BCUT2D eigenvalue weighted by Gasteiger charge is -2.43. The molecular formula is C25H31N3O4. The number of carbonyl (C=O) groups excluding carboxylic acids is 2. The molecule has 7 nitrogen and oxygen atoms in total. The van der Waals surface area contributed by atoms with Gasteiger partial charge < -0.3 is 19.3 Å². The molecule has 0 bridgehead atoms. The van der Waals surface area contributed by atoms with Gasteiger partial charge in [0.15, 0.2) is 11.5 Å². The van der Waals surface area contributed by atoms with E-state index in [9.17, 15) is 9.59 Å². The number of fused-ring (bicyclic) bond motifs is 1. The van der Waals surface area contributed by atoms with E-state index in [4.69, 9.17) is 9.47 Å². The molecule has 1 fully saturated rings. The van der Waals surface area contributed by atoms with Crippen molar-refractivity contribution in [3.8, 4) is 11.5 Å². The van der Waals surface area contributed by atoms with Crippen molar-refractivity contribution >= 4 is 11.8 Å². The lowest BCUT2D eigenvalue weighted by Crippen LogP contribution is -2.50. The van der Waals surface area contributed by atoms with Crippen LogP contribution in [0.5, 0.6) is 11.5 Å². The maximum Gasteiger partial charge on any atom is 0.254 e. The average Bonchev–Trinajstić information content (AvgIpc) is 2.79. The van der Waals surface area contributed by atoms with Crippen LogP contribution in [0, 0.1) is 11.8 Å². The number of nitrogens with zero attached hydrogens (tertiary/aromatic N) is 3. The maximum atomic E-state index is 14.1. The molecular weight excluding hydrogens is 406 g/mol. The summed E-state index contributed by atoms with van der Waals surface area (Å²) in [5, 5.41) is 0. The van der Waals surface area contributed by atoms with Gasteiger partial charge in [0, 0.05) is 38.1 Å². The Labute approximate surface area is 189 Å². The lowest BCUT2D eigenvalue weighted by atomic mass is 9.78. The number of pyridine rings is 1. The summed E-state index contributed by atoms with van der Waals surface area (Å²) < 4.78 is 11.0. The van der Waals surface area contributed by atoms with E-state index in [1.807, 2.05) is 17.0 Å². The Hall–Kier alpha value is -3.09. The van der Waals surface area contributed by atoms with Crippen LogP contribution in [-0.4, -0.2) is 61.0 Å². The molecule has 0 unspecified atom stereocenters. The van der Waals surface area contributed by atoms with E-state index in [1.165, 1.54) is 0 Å². The molecule has 2 aromatic rings. The highest BCUT2D eigenvalue weighted by Crippen LogP contribution is 2.46. The minimum atomic E-state index is -0.561. The standard InChI is InChI=1S/C25H31N3O4/c1-15-9-16(2)14-28(13-15)25(30)22-18-10-20(31-4)21(32-5)11-19(18)24(29)27(3)23(22)17-7-6-8-26-12-17/h6-8,10-12,15-16,22-23H,9,13-14H2,1-5H3/t15-,16+,22-,23-/m1/s1. The Morgan fingerprint density at radius 1 is 1.09 bits per heavy atom. The van der Waals surface area contributed by atoms with Crippen molar-refractivity contribution in [1.29, 1.82) is 0 Å². The SMILES string of the molecule is COc1cc2c(cc1OC)[C@@H](C(=O)N1C[C@H](C)C[C@H](C)C1)[C@@H](c1cccnc1)N(C)C2=O. The molecule has 1 aromatic carbocycles. The molecule has 4 rings (SSSR count). The lowest BCUT2D eigenvalue weighted by molar-refractivity contribution is -0.137. The summed E-state index contributed by atoms with van der Waals surface area (Å²) in [5.74, 6) is 1.17. The summed E-state index contributed by atoms with van der Waals surface area (Å²) in [6.07, 6.45) is 4.54. The predicted octanol–water partition coefficient (Wildman–Crippen LogP) is 3.51. The molecule has 170 valence electrons. The Morgan fingerprint density at radius 2 is 1.75 bits per heavy atom. The van der Waals surface area contributed by atoms with E-state index >= 15 is 0 Å². The summed E-state index contributed by atoms with van der Waals surface area (Å²) in [4.78, 5) is 35.4. The first-order valence-corrected chi connectivity index (χ1v) is 11.1. The zero-order chi connectivity index (χ0) is 23.0. The third-order valence-electron chi connectivity index (χ3n) is 6.65. The van der Waals surface area contributed by atoms with Crippen molar-refractivity contribution in [2.24, 2.45) is 11.8 Å². The maximum absolute atomic E-state index is 14.1. The summed E-state index contributed by atoms with van der Waals surface area (Å²) in [7, 11) is 4.85. The van der Waals surface area contributed by atoms with Crippen LogP contribution in [-0.2, 0) is 4.79 Å². The molecule has 7 heteroatoms. The van der Waals surface area contributed by atoms with E-state index < -0.39 is 12.0 Å². The first-order chi connectivity index (χ1) is 15.3. The highest BCUT2D eigenvalue weighted by atomic mass is 16.5. The van der Waals surface area contributed by atoms with Gasteiger partial charge in [0.1, 0.15) is 0 Å². The number of aromatic nitrogens is 1. The molecule has 0 saturated carbocycles. The zero-order valence-electron chi connectivity index (χ0n) is 19.4. The second-order valence-corrected chi connectivity index (χ2v) is 9.11. The van der Waals surface area contributed by atoms with E-state index in [0.29, 0.717) is 34.5 Å². The normalized spacial score (nSPS) is 25.3. The van der Waals surface area contributed by atoms with Gasteiger partial charge in [-0.2, -0.15) is 0 Å². The highest BCUT2D eigenvalue weighted by Gasteiger charge is 2.45. The van der Waals surface area contributed by atoms with Gasteiger partial charge in [-0.25, -0.2) is 0 Å². The van der Waals surface area contributed by atoms with Crippen LogP contribution in [0.4, 0.5) is 0 Å². The zero-order valence-corrected chi connectivity index (χ0v) is 19.4. The Morgan fingerprint density at radius 3 is 2.34 bits per heavy atom. The summed E-state index contributed by atoms with van der Waals surface area (Å²) in [5.41, 5.74) is 1.98. The van der Waals surface area contributed by atoms with Gasteiger partial charge in [0.25, 0.3) is 5.91 Å². The second-order valence-electron chi connectivity index (χ2n) is 9.11. The number of ether oxygens (including phenoxy) is 2. The number of hydrogen-bond acceptors (Lipinski definition) is 5. The summed E-state index contributed by atoms with van der Waals surface area (Å²) in [6, 6.07) is 6.79. The quantitative estimate of drug-likeness (QED) is 0.732. The van der Waals surface area contributed by atoms with Gasteiger partial charge in [-0.1, -0.05) is 19.9 Å². The van der Waals surface area contributed by atoms with Crippen LogP contribution in [0.2, 0.25) is 0 Å². The fourth-order valence-corrected chi connectivity index (χ4v) is 5.32. The van der Waals surface area contributed by atoms with Crippen molar-refractivity contribution in [3.63, 3.8) is 0 Å². The van der Waals surface area contributed by atoms with E-state index in [1.54, 1.807) is 50.7 Å².